The van der Waals surface area contributed by atoms with E-state index in [1.807, 2.05) is 12.4 Å². The second-order valence-electron chi connectivity index (χ2n) is 3.78. The normalized spacial score (nSPS) is 12.4. The number of carbonyl (C=O) groups excluding carboxylic acids is 1. The average molecular weight is 241 g/mol. The van der Waals surface area contributed by atoms with Gasteiger partial charge in [-0.3, -0.25) is 4.79 Å². The predicted molar refractivity (Wildman–Crippen MR) is 66.7 cm³/mol. The Hall–Kier alpha value is -0.940. The summed E-state index contributed by atoms with van der Waals surface area (Å²) in [4.78, 5) is 15.7. The summed E-state index contributed by atoms with van der Waals surface area (Å²) in [5.74, 6) is 0.423. The van der Waals surface area contributed by atoms with Gasteiger partial charge in [-0.15, -0.1) is 11.3 Å². The van der Waals surface area contributed by atoms with E-state index in [1.54, 1.807) is 17.5 Å². The quantitative estimate of drug-likeness (QED) is 0.709. The zero-order chi connectivity index (χ0) is 11.8. The first-order valence-corrected chi connectivity index (χ1v) is 6.42. The number of rotatable bonds is 7. The van der Waals surface area contributed by atoms with Crippen LogP contribution in [0, 0.1) is 0 Å². The largest absolute Gasteiger partial charge is 0.355 e. The molecule has 16 heavy (non-hydrogen) atoms. The smallest absolute Gasteiger partial charge is 0.220 e. The van der Waals surface area contributed by atoms with Crippen molar-refractivity contribution < 1.29 is 4.79 Å². The van der Waals surface area contributed by atoms with Gasteiger partial charge in [0.1, 0.15) is 0 Å². The molecule has 1 amide bonds. The van der Waals surface area contributed by atoms with Crippen LogP contribution < -0.4 is 10.6 Å². The first-order chi connectivity index (χ1) is 7.74. The maximum absolute atomic E-state index is 11.4. The minimum Gasteiger partial charge on any atom is -0.355 e. The molecule has 1 rings (SSSR count). The highest BCUT2D eigenvalue weighted by atomic mass is 32.1. The molecule has 4 nitrogen and oxygen atoms in total. The van der Waals surface area contributed by atoms with E-state index in [-0.39, 0.29) is 5.91 Å². The van der Waals surface area contributed by atoms with E-state index in [0.29, 0.717) is 18.9 Å². The van der Waals surface area contributed by atoms with Gasteiger partial charge in [0.25, 0.3) is 0 Å². The van der Waals surface area contributed by atoms with Crippen molar-refractivity contribution in [3.05, 3.63) is 16.6 Å². The van der Waals surface area contributed by atoms with E-state index in [9.17, 15) is 4.79 Å². The molecule has 1 heterocycles. The minimum absolute atomic E-state index is 0.124. The highest BCUT2D eigenvalue weighted by Gasteiger charge is 2.09. The number of amides is 1. The maximum Gasteiger partial charge on any atom is 0.220 e. The van der Waals surface area contributed by atoms with Crippen molar-refractivity contribution in [2.24, 2.45) is 0 Å². The second-order valence-corrected chi connectivity index (χ2v) is 4.71. The number of hydrogen-bond acceptors (Lipinski definition) is 4. The molecule has 0 aliphatic heterocycles. The lowest BCUT2D eigenvalue weighted by Crippen LogP contribution is -2.27. The van der Waals surface area contributed by atoms with Crippen LogP contribution in [0.4, 0.5) is 0 Å². The molecule has 0 aromatic carbocycles. The van der Waals surface area contributed by atoms with Crippen LogP contribution in [0.25, 0.3) is 0 Å². The van der Waals surface area contributed by atoms with Gasteiger partial charge in [-0.1, -0.05) is 6.92 Å². The van der Waals surface area contributed by atoms with E-state index >= 15 is 0 Å². The van der Waals surface area contributed by atoms with E-state index in [0.717, 1.165) is 18.0 Å². The Kier molecular flexibility index (Phi) is 6.03. The minimum atomic E-state index is 0.124. The summed E-state index contributed by atoms with van der Waals surface area (Å²) >= 11 is 1.63. The third kappa shape index (κ3) is 4.72. The Labute approximate surface area is 100 Å². The summed E-state index contributed by atoms with van der Waals surface area (Å²) in [6, 6.07) is 0. The van der Waals surface area contributed by atoms with Crippen molar-refractivity contribution in [3.8, 4) is 0 Å². The molecule has 1 unspecified atom stereocenters. The fourth-order valence-electron chi connectivity index (χ4n) is 1.35. The Morgan fingerprint density at radius 3 is 3.06 bits per heavy atom. The number of nitrogens with one attached hydrogen (secondary N) is 2. The average Bonchev–Trinajstić information content (AvgIpc) is 2.79. The summed E-state index contributed by atoms with van der Waals surface area (Å²) in [5, 5.41) is 8.99. The van der Waals surface area contributed by atoms with E-state index < -0.39 is 0 Å². The molecule has 0 aliphatic carbocycles. The molecule has 0 saturated heterocycles. The van der Waals surface area contributed by atoms with Crippen LogP contribution in [0.15, 0.2) is 11.6 Å². The van der Waals surface area contributed by atoms with Gasteiger partial charge >= 0.3 is 0 Å². The van der Waals surface area contributed by atoms with Gasteiger partial charge in [-0.2, -0.15) is 0 Å². The van der Waals surface area contributed by atoms with Crippen LogP contribution >= 0.6 is 11.3 Å². The molecule has 2 N–H and O–H groups in total. The second kappa shape index (κ2) is 7.35. The molecular formula is C11H19N3OS. The lowest BCUT2D eigenvalue weighted by molar-refractivity contribution is -0.121. The molecule has 1 aromatic heterocycles. The van der Waals surface area contributed by atoms with E-state index in [1.165, 1.54) is 0 Å². The molecule has 5 heteroatoms. The van der Waals surface area contributed by atoms with E-state index in [4.69, 9.17) is 0 Å². The third-order valence-electron chi connectivity index (χ3n) is 2.31. The zero-order valence-corrected chi connectivity index (χ0v) is 10.6. The Balaban J connectivity index is 2.16. The zero-order valence-electron chi connectivity index (χ0n) is 9.82. The SMILES string of the molecule is CNCCCC(=O)NCC(C)c1nccs1. The van der Waals surface area contributed by atoms with Crippen molar-refractivity contribution in [1.82, 2.24) is 15.6 Å². The molecule has 0 saturated carbocycles. The van der Waals surface area contributed by atoms with Crippen LogP contribution in [0.3, 0.4) is 0 Å². The number of carbonyl (C=O) groups is 1. The number of nitrogens with zero attached hydrogens (tertiary/aromatic N) is 1. The highest BCUT2D eigenvalue weighted by molar-refractivity contribution is 7.09. The summed E-state index contributed by atoms with van der Waals surface area (Å²) in [6.45, 7) is 3.63. The molecule has 0 bridgehead atoms. The van der Waals surface area contributed by atoms with Crippen molar-refractivity contribution in [2.75, 3.05) is 20.1 Å². The van der Waals surface area contributed by atoms with Gasteiger partial charge in [0.2, 0.25) is 5.91 Å². The molecule has 1 atom stereocenters. The van der Waals surface area contributed by atoms with Gasteiger partial charge in [-0.05, 0) is 20.0 Å². The standard InChI is InChI=1S/C11H19N3OS/c1-9(11-13-6-7-16-11)8-14-10(15)4-3-5-12-2/h6-7,9,12H,3-5,8H2,1-2H3,(H,14,15). The van der Waals surface area contributed by atoms with Gasteiger partial charge in [0.05, 0.1) is 5.01 Å². The number of hydrogen-bond donors (Lipinski definition) is 2. The Morgan fingerprint density at radius 2 is 2.44 bits per heavy atom. The summed E-state index contributed by atoms with van der Waals surface area (Å²) in [7, 11) is 1.89. The van der Waals surface area contributed by atoms with Crippen molar-refractivity contribution in [1.29, 1.82) is 0 Å². The molecule has 0 spiro atoms. The molecule has 90 valence electrons. The first-order valence-electron chi connectivity index (χ1n) is 5.54. The summed E-state index contributed by atoms with van der Waals surface area (Å²) in [5.41, 5.74) is 0. The molecular weight excluding hydrogens is 222 g/mol. The van der Waals surface area contributed by atoms with Crippen molar-refractivity contribution >= 4 is 17.2 Å². The Bertz CT molecular complexity index is 300. The molecule has 1 aromatic rings. The van der Waals surface area contributed by atoms with Crippen LogP contribution in [0.5, 0.6) is 0 Å². The lowest BCUT2D eigenvalue weighted by Gasteiger charge is -2.09. The summed E-state index contributed by atoms with van der Waals surface area (Å²) < 4.78 is 0. The van der Waals surface area contributed by atoms with Gasteiger partial charge < -0.3 is 10.6 Å². The number of thiazole rings is 1. The predicted octanol–water partition coefficient (Wildman–Crippen LogP) is 1.36. The van der Waals surface area contributed by atoms with Crippen LogP contribution in [0.2, 0.25) is 0 Å². The van der Waals surface area contributed by atoms with Crippen LogP contribution in [-0.2, 0) is 4.79 Å². The molecule has 0 fully saturated rings. The molecule has 0 aliphatic rings. The topological polar surface area (TPSA) is 54.0 Å². The fraction of sp³-hybridized carbons (Fsp3) is 0.636. The van der Waals surface area contributed by atoms with E-state index in [2.05, 4.69) is 22.5 Å². The summed E-state index contributed by atoms with van der Waals surface area (Å²) in [6.07, 6.45) is 3.27. The van der Waals surface area contributed by atoms with Crippen molar-refractivity contribution in [2.45, 2.75) is 25.7 Å². The maximum atomic E-state index is 11.4. The first kappa shape index (κ1) is 13.1. The van der Waals surface area contributed by atoms with Crippen LogP contribution in [0.1, 0.15) is 30.7 Å². The molecule has 0 radical (unpaired) electrons. The monoisotopic (exact) mass is 241 g/mol. The van der Waals surface area contributed by atoms with Gasteiger partial charge in [0.15, 0.2) is 0 Å². The Morgan fingerprint density at radius 1 is 1.62 bits per heavy atom. The fourth-order valence-corrected chi connectivity index (χ4v) is 2.04. The highest BCUT2D eigenvalue weighted by Crippen LogP contribution is 2.16. The third-order valence-corrected chi connectivity index (χ3v) is 3.32. The van der Waals surface area contributed by atoms with Crippen LogP contribution in [-0.4, -0.2) is 31.0 Å². The van der Waals surface area contributed by atoms with Gasteiger partial charge in [0, 0.05) is 30.5 Å². The lowest BCUT2D eigenvalue weighted by atomic mass is 10.2. The number of aromatic nitrogens is 1. The van der Waals surface area contributed by atoms with Gasteiger partial charge in [-0.25, -0.2) is 4.98 Å². The van der Waals surface area contributed by atoms with Crippen molar-refractivity contribution in [3.63, 3.8) is 0 Å².